The fraction of sp³-hybridized carbons (Fsp3) is 0.385. The van der Waals surface area contributed by atoms with E-state index in [1.807, 2.05) is 29.3 Å². The molecule has 0 atom stereocenters. The lowest BCUT2D eigenvalue weighted by atomic mass is 9.84. The van der Waals surface area contributed by atoms with Crippen molar-refractivity contribution in [2.75, 3.05) is 6.54 Å². The van der Waals surface area contributed by atoms with Gasteiger partial charge in [-0.1, -0.05) is 36.0 Å². The van der Waals surface area contributed by atoms with Crippen molar-refractivity contribution in [1.29, 1.82) is 0 Å². The van der Waals surface area contributed by atoms with Crippen LogP contribution in [0.3, 0.4) is 0 Å². The van der Waals surface area contributed by atoms with Gasteiger partial charge in [-0.15, -0.1) is 0 Å². The van der Waals surface area contributed by atoms with E-state index in [-0.39, 0.29) is 5.41 Å². The summed E-state index contributed by atoms with van der Waals surface area (Å²) in [6.07, 6.45) is 0. The van der Waals surface area contributed by atoms with Crippen molar-refractivity contribution < 1.29 is 0 Å². The molecule has 90 valence electrons. The fourth-order valence-corrected chi connectivity index (χ4v) is 2.35. The minimum atomic E-state index is -0.195. The van der Waals surface area contributed by atoms with E-state index in [9.17, 15) is 0 Å². The first-order valence-corrected chi connectivity index (χ1v) is 6.42. The van der Waals surface area contributed by atoms with Crippen molar-refractivity contribution >= 4 is 34.5 Å². The molecule has 1 aliphatic heterocycles. The summed E-state index contributed by atoms with van der Waals surface area (Å²) in [5, 5.41) is 7.23. The van der Waals surface area contributed by atoms with Crippen molar-refractivity contribution in [2.24, 2.45) is 10.5 Å². The van der Waals surface area contributed by atoms with Crippen molar-refractivity contribution in [2.45, 2.75) is 20.8 Å². The monoisotopic (exact) mass is 266 g/mol. The zero-order valence-electron chi connectivity index (χ0n) is 10.2. The molecule has 2 rings (SSSR count). The van der Waals surface area contributed by atoms with E-state index in [1.54, 1.807) is 0 Å². The molecule has 0 amide bonds. The van der Waals surface area contributed by atoms with Crippen LogP contribution in [0.15, 0.2) is 29.4 Å². The Hall–Kier alpha value is -0.930. The number of thiocarbonyl (C=S) groups is 1. The molecule has 0 unspecified atom stereocenters. The van der Waals surface area contributed by atoms with Gasteiger partial charge >= 0.3 is 0 Å². The van der Waals surface area contributed by atoms with Crippen LogP contribution in [0.25, 0.3) is 0 Å². The molecule has 0 aromatic heterocycles. The Bertz CT molecular complexity index is 477. The standard InChI is InChI=1S/C13H15ClN2S/c1-4-16-12(17)13(2,3)11(15-16)9-5-7-10(14)8-6-9/h5-8H,4H2,1-3H3. The fourth-order valence-electron chi connectivity index (χ4n) is 1.96. The molecule has 4 heteroatoms. The highest BCUT2D eigenvalue weighted by molar-refractivity contribution is 7.80. The summed E-state index contributed by atoms with van der Waals surface area (Å²) in [7, 11) is 0. The third-order valence-electron chi connectivity index (χ3n) is 3.00. The van der Waals surface area contributed by atoms with Crippen LogP contribution in [0.5, 0.6) is 0 Å². The van der Waals surface area contributed by atoms with Gasteiger partial charge in [-0.05, 0) is 38.5 Å². The number of benzene rings is 1. The smallest absolute Gasteiger partial charge is 0.111 e. The summed E-state index contributed by atoms with van der Waals surface area (Å²) in [4.78, 5) is 0.880. The predicted molar refractivity (Wildman–Crippen MR) is 76.7 cm³/mol. The van der Waals surface area contributed by atoms with E-state index in [1.165, 1.54) is 0 Å². The molecule has 1 aromatic rings. The van der Waals surface area contributed by atoms with Crippen molar-refractivity contribution in [3.63, 3.8) is 0 Å². The Kier molecular flexibility index (Phi) is 3.23. The Morgan fingerprint density at radius 1 is 1.29 bits per heavy atom. The topological polar surface area (TPSA) is 15.6 Å². The quantitative estimate of drug-likeness (QED) is 0.758. The van der Waals surface area contributed by atoms with Crippen LogP contribution in [0.1, 0.15) is 26.3 Å². The zero-order valence-corrected chi connectivity index (χ0v) is 11.8. The molecule has 0 saturated carbocycles. The maximum atomic E-state index is 5.90. The van der Waals surface area contributed by atoms with Crippen LogP contribution in [-0.2, 0) is 0 Å². The summed E-state index contributed by atoms with van der Waals surface area (Å²) in [6, 6.07) is 7.75. The molecule has 17 heavy (non-hydrogen) atoms. The number of hydrazone groups is 1. The minimum Gasteiger partial charge on any atom is -0.258 e. The SMILES string of the molecule is CCN1N=C(c2ccc(Cl)cc2)C(C)(C)C1=S. The number of hydrogen-bond acceptors (Lipinski definition) is 2. The van der Waals surface area contributed by atoms with Gasteiger partial charge in [0.1, 0.15) is 4.99 Å². The summed E-state index contributed by atoms with van der Waals surface area (Å²) in [6.45, 7) is 7.08. The van der Waals surface area contributed by atoms with Gasteiger partial charge in [0.2, 0.25) is 0 Å². The Balaban J connectivity index is 2.44. The van der Waals surface area contributed by atoms with Crippen LogP contribution in [0.4, 0.5) is 0 Å². The lowest BCUT2D eigenvalue weighted by molar-refractivity contribution is 0.475. The summed E-state index contributed by atoms with van der Waals surface area (Å²) < 4.78 is 0. The molecule has 0 saturated heterocycles. The van der Waals surface area contributed by atoms with Crippen molar-refractivity contribution in [3.05, 3.63) is 34.9 Å². The molecule has 0 aliphatic carbocycles. The van der Waals surface area contributed by atoms with Crippen molar-refractivity contribution in [3.8, 4) is 0 Å². The number of rotatable bonds is 2. The summed E-state index contributed by atoms with van der Waals surface area (Å²) in [5.74, 6) is 0. The first kappa shape index (κ1) is 12.5. The Labute approximate surface area is 112 Å². The van der Waals surface area contributed by atoms with E-state index in [0.29, 0.717) is 0 Å². The maximum Gasteiger partial charge on any atom is 0.111 e. The molecule has 0 radical (unpaired) electrons. The van der Waals surface area contributed by atoms with E-state index >= 15 is 0 Å². The van der Waals surface area contributed by atoms with Crippen LogP contribution < -0.4 is 0 Å². The highest BCUT2D eigenvalue weighted by Crippen LogP contribution is 2.33. The Morgan fingerprint density at radius 2 is 1.88 bits per heavy atom. The third kappa shape index (κ3) is 2.09. The molecule has 0 bridgehead atoms. The predicted octanol–water partition coefficient (Wildman–Crippen LogP) is 3.73. The van der Waals surface area contributed by atoms with Crippen LogP contribution >= 0.6 is 23.8 Å². The molecule has 1 heterocycles. The van der Waals surface area contributed by atoms with Crippen LogP contribution in [0, 0.1) is 5.41 Å². The van der Waals surface area contributed by atoms with E-state index in [2.05, 4.69) is 25.9 Å². The van der Waals surface area contributed by atoms with Crippen LogP contribution in [-0.4, -0.2) is 22.3 Å². The lowest BCUT2D eigenvalue weighted by Crippen LogP contribution is -2.33. The van der Waals surface area contributed by atoms with E-state index in [0.717, 1.165) is 27.8 Å². The highest BCUT2D eigenvalue weighted by atomic mass is 35.5. The zero-order chi connectivity index (χ0) is 12.6. The molecule has 0 N–H and O–H groups in total. The second kappa shape index (κ2) is 4.39. The number of halogens is 1. The second-order valence-electron chi connectivity index (χ2n) is 4.60. The van der Waals surface area contributed by atoms with E-state index in [4.69, 9.17) is 23.8 Å². The molecule has 0 fully saturated rings. The van der Waals surface area contributed by atoms with Gasteiger partial charge in [-0.25, -0.2) is 0 Å². The third-order valence-corrected chi connectivity index (χ3v) is 3.97. The van der Waals surface area contributed by atoms with Crippen molar-refractivity contribution in [1.82, 2.24) is 5.01 Å². The van der Waals surface area contributed by atoms with E-state index < -0.39 is 0 Å². The highest BCUT2D eigenvalue weighted by Gasteiger charge is 2.39. The average Bonchev–Trinajstić information content (AvgIpc) is 2.53. The molecule has 2 nitrogen and oxygen atoms in total. The van der Waals surface area contributed by atoms with Crippen LogP contribution in [0.2, 0.25) is 5.02 Å². The molecule has 1 aliphatic rings. The van der Waals surface area contributed by atoms with Gasteiger partial charge < -0.3 is 0 Å². The van der Waals surface area contributed by atoms with Gasteiger partial charge in [0.15, 0.2) is 0 Å². The molecular weight excluding hydrogens is 252 g/mol. The molecular formula is C13H15ClN2S. The average molecular weight is 267 g/mol. The number of nitrogens with zero attached hydrogens (tertiary/aromatic N) is 2. The Morgan fingerprint density at radius 3 is 2.35 bits per heavy atom. The largest absolute Gasteiger partial charge is 0.258 e. The summed E-state index contributed by atoms with van der Waals surface area (Å²) in [5.41, 5.74) is 1.90. The second-order valence-corrected chi connectivity index (χ2v) is 5.42. The summed E-state index contributed by atoms with van der Waals surface area (Å²) >= 11 is 11.4. The number of hydrogen-bond donors (Lipinski definition) is 0. The lowest BCUT2D eigenvalue weighted by Gasteiger charge is -2.22. The van der Waals surface area contributed by atoms with Gasteiger partial charge in [0, 0.05) is 11.6 Å². The van der Waals surface area contributed by atoms with Gasteiger partial charge in [0.25, 0.3) is 0 Å². The van der Waals surface area contributed by atoms with Gasteiger partial charge in [0.05, 0.1) is 11.1 Å². The molecule has 0 spiro atoms. The van der Waals surface area contributed by atoms with Gasteiger partial charge in [-0.3, -0.25) is 5.01 Å². The minimum absolute atomic E-state index is 0.195. The first-order chi connectivity index (χ1) is 7.96. The first-order valence-electron chi connectivity index (χ1n) is 5.64. The van der Waals surface area contributed by atoms with Gasteiger partial charge in [-0.2, -0.15) is 5.10 Å². The molecule has 1 aromatic carbocycles. The normalized spacial score (nSPS) is 18.5. The maximum absolute atomic E-state index is 5.90.